The van der Waals surface area contributed by atoms with Gasteiger partial charge in [0.05, 0.1) is 0 Å². The second-order valence-corrected chi connectivity index (χ2v) is 5.94. The molecule has 3 heteroatoms. The molecule has 1 N–H and O–H groups in total. The number of carbonyl (C=O) groups is 1. The third-order valence-corrected chi connectivity index (χ3v) is 3.82. The second kappa shape index (κ2) is 6.71. The second-order valence-electron chi connectivity index (χ2n) is 5.02. The zero-order valence-electron chi connectivity index (χ0n) is 11.7. The van der Waals surface area contributed by atoms with Crippen LogP contribution in [0.1, 0.15) is 30.4 Å². The Labute approximate surface area is 128 Å². The normalized spacial score (nSPS) is 11.9. The van der Waals surface area contributed by atoms with Gasteiger partial charge in [-0.25, -0.2) is 0 Å². The van der Waals surface area contributed by atoms with Gasteiger partial charge in [-0.15, -0.1) is 0 Å². The maximum Gasteiger partial charge on any atom is 0.224 e. The highest BCUT2D eigenvalue weighted by Crippen LogP contribution is 2.22. The molecular formula is C17H18BrNO. The fourth-order valence-corrected chi connectivity index (χ4v) is 2.62. The average molecular weight is 332 g/mol. The molecule has 2 aromatic rings. The molecule has 0 heterocycles. The summed E-state index contributed by atoms with van der Waals surface area (Å²) in [5, 5.41) is 2.98. The highest BCUT2D eigenvalue weighted by atomic mass is 79.9. The van der Waals surface area contributed by atoms with Crippen LogP contribution in [0, 0.1) is 6.92 Å². The third-order valence-electron chi connectivity index (χ3n) is 3.32. The van der Waals surface area contributed by atoms with Crippen molar-refractivity contribution in [2.75, 3.05) is 5.32 Å². The van der Waals surface area contributed by atoms with Crippen LogP contribution in [0.3, 0.4) is 0 Å². The van der Waals surface area contributed by atoms with Gasteiger partial charge in [0.1, 0.15) is 0 Å². The minimum absolute atomic E-state index is 0.0479. The van der Waals surface area contributed by atoms with E-state index in [2.05, 4.69) is 40.3 Å². The Balaban J connectivity index is 1.99. The van der Waals surface area contributed by atoms with Gasteiger partial charge in [0.15, 0.2) is 0 Å². The van der Waals surface area contributed by atoms with Crippen molar-refractivity contribution in [3.63, 3.8) is 0 Å². The topological polar surface area (TPSA) is 29.1 Å². The number of rotatable bonds is 4. The van der Waals surface area contributed by atoms with Gasteiger partial charge >= 0.3 is 0 Å². The lowest BCUT2D eigenvalue weighted by atomic mass is 9.97. The molecule has 0 saturated carbocycles. The molecule has 104 valence electrons. The zero-order chi connectivity index (χ0) is 14.5. The van der Waals surface area contributed by atoms with Crippen molar-refractivity contribution in [1.29, 1.82) is 0 Å². The van der Waals surface area contributed by atoms with Crippen LogP contribution in [0.15, 0.2) is 53.0 Å². The number of anilines is 1. The maximum absolute atomic E-state index is 12.1. The molecule has 0 aliphatic rings. The molecule has 0 fully saturated rings. The monoisotopic (exact) mass is 331 g/mol. The Bertz CT molecular complexity index is 595. The van der Waals surface area contributed by atoms with E-state index in [-0.39, 0.29) is 11.8 Å². The van der Waals surface area contributed by atoms with Crippen molar-refractivity contribution in [3.05, 3.63) is 64.1 Å². The molecule has 2 aromatic carbocycles. The molecule has 0 aliphatic carbocycles. The van der Waals surface area contributed by atoms with Crippen molar-refractivity contribution in [2.45, 2.75) is 26.2 Å². The van der Waals surface area contributed by atoms with Gasteiger partial charge in [-0.2, -0.15) is 0 Å². The van der Waals surface area contributed by atoms with E-state index >= 15 is 0 Å². The highest BCUT2D eigenvalue weighted by molar-refractivity contribution is 9.10. The largest absolute Gasteiger partial charge is 0.326 e. The highest BCUT2D eigenvalue weighted by Gasteiger charge is 2.12. The lowest BCUT2D eigenvalue weighted by Gasteiger charge is -2.13. The van der Waals surface area contributed by atoms with Crippen LogP contribution in [0.5, 0.6) is 0 Å². The fourth-order valence-electron chi connectivity index (χ4n) is 2.15. The maximum atomic E-state index is 12.1. The molecule has 1 amide bonds. The lowest BCUT2D eigenvalue weighted by molar-refractivity contribution is -0.116. The van der Waals surface area contributed by atoms with E-state index in [1.807, 2.05) is 43.3 Å². The predicted octanol–water partition coefficient (Wildman–Crippen LogP) is 4.89. The van der Waals surface area contributed by atoms with Gasteiger partial charge in [-0.1, -0.05) is 53.2 Å². The number of amides is 1. The third kappa shape index (κ3) is 3.94. The smallest absolute Gasteiger partial charge is 0.224 e. The van der Waals surface area contributed by atoms with E-state index in [0.717, 1.165) is 15.7 Å². The number of aryl methyl sites for hydroxylation is 1. The van der Waals surface area contributed by atoms with Gasteiger partial charge in [-0.3, -0.25) is 4.79 Å². The van der Waals surface area contributed by atoms with Gasteiger partial charge in [0.2, 0.25) is 5.91 Å². The standard InChI is InChI=1S/C17H18BrNO/c1-12(14-6-4-3-5-7-14)11-17(20)19-16-9-8-15(18)10-13(16)2/h3-10,12H,11H2,1-2H3,(H,19,20)/t12-/m0/s1. The molecule has 2 rings (SSSR count). The van der Waals surface area contributed by atoms with E-state index in [9.17, 15) is 4.79 Å². The van der Waals surface area contributed by atoms with Crippen molar-refractivity contribution in [2.24, 2.45) is 0 Å². The molecule has 0 unspecified atom stereocenters. The van der Waals surface area contributed by atoms with Crippen LogP contribution in [0.25, 0.3) is 0 Å². The van der Waals surface area contributed by atoms with Crippen LogP contribution in [-0.4, -0.2) is 5.91 Å². The van der Waals surface area contributed by atoms with Crippen LogP contribution in [-0.2, 0) is 4.79 Å². The summed E-state index contributed by atoms with van der Waals surface area (Å²) in [4.78, 5) is 12.1. The van der Waals surface area contributed by atoms with E-state index in [1.54, 1.807) is 0 Å². The summed E-state index contributed by atoms with van der Waals surface area (Å²) in [7, 11) is 0. The molecule has 0 aromatic heterocycles. The summed E-state index contributed by atoms with van der Waals surface area (Å²) in [6, 6.07) is 16.0. The average Bonchev–Trinajstić information content (AvgIpc) is 2.43. The van der Waals surface area contributed by atoms with Crippen LogP contribution in [0.2, 0.25) is 0 Å². The van der Waals surface area contributed by atoms with Gasteiger partial charge in [0, 0.05) is 16.6 Å². The molecule has 1 atom stereocenters. The molecule has 0 radical (unpaired) electrons. The summed E-state index contributed by atoms with van der Waals surface area (Å²) in [5.74, 6) is 0.263. The Kier molecular flexibility index (Phi) is 4.96. The number of nitrogens with one attached hydrogen (secondary N) is 1. The minimum Gasteiger partial charge on any atom is -0.326 e. The van der Waals surface area contributed by atoms with E-state index in [1.165, 1.54) is 5.56 Å². The lowest BCUT2D eigenvalue weighted by Crippen LogP contribution is -2.15. The number of carbonyl (C=O) groups excluding carboxylic acids is 1. The van der Waals surface area contributed by atoms with Crippen LogP contribution >= 0.6 is 15.9 Å². The van der Waals surface area contributed by atoms with Crippen molar-refractivity contribution in [3.8, 4) is 0 Å². The predicted molar refractivity (Wildman–Crippen MR) is 87.0 cm³/mol. The van der Waals surface area contributed by atoms with E-state index < -0.39 is 0 Å². The summed E-state index contributed by atoms with van der Waals surface area (Å²) in [6.45, 7) is 4.06. The van der Waals surface area contributed by atoms with Crippen LogP contribution in [0.4, 0.5) is 5.69 Å². The summed E-state index contributed by atoms with van der Waals surface area (Å²) in [6.07, 6.45) is 0.486. The SMILES string of the molecule is Cc1cc(Br)ccc1NC(=O)C[C@H](C)c1ccccc1. The molecule has 2 nitrogen and oxygen atoms in total. The van der Waals surface area contributed by atoms with E-state index in [0.29, 0.717) is 6.42 Å². The van der Waals surface area contributed by atoms with Gasteiger partial charge in [0.25, 0.3) is 0 Å². The number of benzene rings is 2. The molecule has 0 bridgehead atoms. The first kappa shape index (κ1) is 14.8. The first-order valence-electron chi connectivity index (χ1n) is 6.67. The number of hydrogen-bond acceptors (Lipinski definition) is 1. The summed E-state index contributed by atoms with van der Waals surface area (Å²) >= 11 is 3.42. The number of hydrogen-bond donors (Lipinski definition) is 1. The Morgan fingerprint density at radius 1 is 1.20 bits per heavy atom. The minimum atomic E-state index is 0.0479. The summed E-state index contributed by atoms with van der Waals surface area (Å²) < 4.78 is 1.02. The first-order valence-corrected chi connectivity index (χ1v) is 7.46. The van der Waals surface area contributed by atoms with Crippen molar-refractivity contribution < 1.29 is 4.79 Å². The van der Waals surface area contributed by atoms with Gasteiger partial charge in [-0.05, 0) is 42.2 Å². The Hall–Kier alpha value is -1.61. The first-order chi connectivity index (χ1) is 9.56. The molecule has 0 saturated heterocycles. The molecule has 20 heavy (non-hydrogen) atoms. The van der Waals surface area contributed by atoms with Gasteiger partial charge < -0.3 is 5.32 Å². The van der Waals surface area contributed by atoms with Crippen molar-refractivity contribution in [1.82, 2.24) is 0 Å². The number of halogens is 1. The van der Waals surface area contributed by atoms with Crippen LogP contribution < -0.4 is 5.32 Å². The molecule has 0 aliphatic heterocycles. The van der Waals surface area contributed by atoms with E-state index in [4.69, 9.17) is 0 Å². The quantitative estimate of drug-likeness (QED) is 0.849. The Morgan fingerprint density at radius 3 is 2.55 bits per heavy atom. The molecule has 0 spiro atoms. The Morgan fingerprint density at radius 2 is 1.90 bits per heavy atom. The zero-order valence-corrected chi connectivity index (χ0v) is 13.3. The van der Waals surface area contributed by atoms with Crippen molar-refractivity contribution >= 4 is 27.5 Å². The summed E-state index contributed by atoms with van der Waals surface area (Å²) in [5.41, 5.74) is 3.12. The fraction of sp³-hybridized carbons (Fsp3) is 0.235. The molecular weight excluding hydrogens is 314 g/mol.